The quantitative estimate of drug-likeness (QED) is 0.187. The van der Waals surface area contributed by atoms with Crippen LogP contribution in [-0.2, 0) is 0 Å². The van der Waals surface area contributed by atoms with E-state index in [0.29, 0.717) is 22.4 Å². The third-order valence-corrected chi connectivity index (χ3v) is 5.16. The number of hydrogen-bond acceptors (Lipinski definition) is 5. The van der Waals surface area contributed by atoms with Crippen LogP contribution in [0.5, 0.6) is 0 Å². The predicted molar refractivity (Wildman–Crippen MR) is 126 cm³/mol. The number of carbonyl (C=O) groups is 2. The number of hydrazone groups is 1. The number of nitro groups is 1. The number of amides is 1. The SMILES string of the molecule is O=C(C/C(=N/NC(=O)c1cccc2ccccc12)c1ccccc1)c1ccc([N+](=O)[O-])cc1. The lowest BCUT2D eigenvalue weighted by Crippen LogP contribution is -2.21. The lowest BCUT2D eigenvalue weighted by Gasteiger charge is -2.09. The highest BCUT2D eigenvalue weighted by molar-refractivity contribution is 6.16. The molecular weight excluding hydrogens is 418 g/mol. The van der Waals surface area contributed by atoms with Crippen LogP contribution in [0.3, 0.4) is 0 Å². The molecule has 162 valence electrons. The van der Waals surface area contributed by atoms with Crippen LogP contribution in [0, 0.1) is 10.1 Å². The molecule has 0 aliphatic rings. The summed E-state index contributed by atoms with van der Waals surface area (Å²) in [6, 6.07) is 27.5. The molecule has 4 rings (SSSR count). The molecule has 0 atom stereocenters. The van der Waals surface area contributed by atoms with E-state index in [1.54, 1.807) is 24.3 Å². The van der Waals surface area contributed by atoms with Crippen molar-refractivity contribution < 1.29 is 14.5 Å². The average Bonchev–Trinajstić information content (AvgIpc) is 2.86. The normalized spacial score (nSPS) is 11.2. The number of hydrogen-bond donors (Lipinski definition) is 1. The summed E-state index contributed by atoms with van der Waals surface area (Å²) in [5, 5.41) is 16.9. The predicted octanol–water partition coefficient (Wildman–Crippen LogP) is 5.16. The summed E-state index contributed by atoms with van der Waals surface area (Å²) in [6.07, 6.45) is -0.0857. The number of nitrogens with one attached hydrogen (secondary N) is 1. The molecule has 0 radical (unpaired) electrons. The number of nitro benzene ring substituents is 1. The van der Waals surface area contributed by atoms with Crippen LogP contribution in [-0.4, -0.2) is 22.3 Å². The Hall–Kier alpha value is -4.65. The number of fused-ring (bicyclic) bond motifs is 1. The molecule has 4 aromatic carbocycles. The van der Waals surface area contributed by atoms with E-state index in [1.165, 1.54) is 24.3 Å². The van der Waals surface area contributed by atoms with Gasteiger partial charge < -0.3 is 0 Å². The average molecular weight is 437 g/mol. The van der Waals surface area contributed by atoms with Gasteiger partial charge in [0, 0.05) is 23.3 Å². The van der Waals surface area contributed by atoms with Crippen LogP contribution in [0.25, 0.3) is 10.8 Å². The maximum absolute atomic E-state index is 12.9. The van der Waals surface area contributed by atoms with Gasteiger partial charge in [0.05, 0.1) is 17.1 Å². The highest BCUT2D eigenvalue weighted by Crippen LogP contribution is 2.19. The van der Waals surface area contributed by atoms with Crippen LogP contribution in [0.15, 0.2) is 102 Å². The summed E-state index contributed by atoms with van der Waals surface area (Å²) in [6.45, 7) is 0. The molecular formula is C26H19N3O4. The van der Waals surface area contributed by atoms with E-state index in [-0.39, 0.29) is 23.8 Å². The zero-order valence-electron chi connectivity index (χ0n) is 17.5. The molecule has 0 bridgehead atoms. The van der Waals surface area contributed by atoms with Crippen molar-refractivity contribution in [1.82, 2.24) is 5.43 Å². The Balaban J connectivity index is 1.60. The number of nitrogens with zero attached hydrogens (tertiary/aromatic N) is 2. The van der Waals surface area contributed by atoms with Gasteiger partial charge in [-0.15, -0.1) is 0 Å². The second-order valence-electron chi connectivity index (χ2n) is 7.30. The number of non-ortho nitro benzene ring substituents is 1. The maximum atomic E-state index is 12.9. The number of carbonyl (C=O) groups excluding carboxylic acids is 2. The lowest BCUT2D eigenvalue weighted by molar-refractivity contribution is -0.384. The Labute approximate surface area is 189 Å². The summed E-state index contributed by atoms with van der Waals surface area (Å²) in [4.78, 5) is 36.1. The van der Waals surface area contributed by atoms with Crippen LogP contribution < -0.4 is 5.43 Å². The first-order valence-electron chi connectivity index (χ1n) is 10.2. The first kappa shape index (κ1) is 21.6. The van der Waals surface area contributed by atoms with Crippen LogP contribution in [0.1, 0.15) is 32.7 Å². The molecule has 7 nitrogen and oxygen atoms in total. The second-order valence-corrected chi connectivity index (χ2v) is 7.30. The minimum Gasteiger partial charge on any atom is -0.294 e. The number of rotatable bonds is 7. The third kappa shape index (κ3) is 4.99. The standard InChI is InChI=1S/C26H19N3O4/c30-25(20-13-15-21(16-14-20)29(32)33)17-24(19-8-2-1-3-9-19)27-28-26(31)23-12-6-10-18-7-4-5-11-22(18)23/h1-16H,17H2,(H,28,31)/b27-24-. The van der Waals surface area contributed by atoms with Gasteiger partial charge in [-0.1, -0.05) is 66.7 Å². The van der Waals surface area contributed by atoms with Crippen molar-refractivity contribution in [1.29, 1.82) is 0 Å². The van der Waals surface area contributed by atoms with E-state index in [9.17, 15) is 19.7 Å². The van der Waals surface area contributed by atoms with Gasteiger partial charge in [0.25, 0.3) is 11.6 Å². The van der Waals surface area contributed by atoms with Gasteiger partial charge >= 0.3 is 0 Å². The van der Waals surface area contributed by atoms with E-state index < -0.39 is 4.92 Å². The Morgan fingerprint density at radius 2 is 1.45 bits per heavy atom. The maximum Gasteiger partial charge on any atom is 0.272 e. The zero-order chi connectivity index (χ0) is 23.2. The highest BCUT2D eigenvalue weighted by atomic mass is 16.6. The van der Waals surface area contributed by atoms with E-state index in [2.05, 4.69) is 10.5 Å². The Kier molecular flexibility index (Phi) is 6.31. The van der Waals surface area contributed by atoms with E-state index in [4.69, 9.17) is 0 Å². The van der Waals surface area contributed by atoms with Crippen molar-refractivity contribution >= 4 is 33.9 Å². The molecule has 7 heteroatoms. The van der Waals surface area contributed by atoms with E-state index >= 15 is 0 Å². The Morgan fingerprint density at radius 3 is 2.18 bits per heavy atom. The van der Waals surface area contributed by atoms with E-state index in [1.807, 2.05) is 48.5 Å². The molecule has 0 aromatic heterocycles. The summed E-state index contributed by atoms with van der Waals surface area (Å²) < 4.78 is 0. The first-order valence-corrected chi connectivity index (χ1v) is 10.2. The molecule has 0 spiro atoms. The van der Waals surface area contributed by atoms with Gasteiger partial charge in [0.15, 0.2) is 5.78 Å². The highest BCUT2D eigenvalue weighted by Gasteiger charge is 2.15. The number of ketones is 1. The molecule has 0 unspecified atom stereocenters. The van der Waals surface area contributed by atoms with Crippen molar-refractivity contribution in [2.45, 2.75) is 6.42 Å². The molecule has 0 aliphatic heterocycles. The molecule has 0 heterocycles. The van der Waals surface area contributed by atoms with Crippen LogP contribution in [0.4, 0.5) is 5.69 Å². The van der Waals surface area contributed by atoms with Gasteiger partial charge in [-0.25, -0.2) is 5.43 Å². The molecule has 4 aromatic rings. The molecule has 0 fully saturated rings. The van der Waals surface area contributed by atoms with Gasteiger partial charge in [0.2, 0.25) is 0 Å². The van der Waals surface area contributed by atoms with Crippen molar-refractivity contribution in [2.75, 3.05) is 0 Å². The minimum absolute atomic E-state index is 0.0857. The van der Waals surface area contributed by atoms with E-state index in [0.717, 1.165) is 10.8 Å². The van der Waals surface area contributed by atoms with Crippen LogP contribution in [0.2, 0.25) is 0 Å². The minimum atomic E-state index is -0.520. The molecule has 1 N–H and O–H groups in total. The van der Waals surface area contributed by atoms with Gasteiger partial charge in [-0.3, -0.25) is 19.7 Å². The van der Waals surface area contributed by atoms with Crippen molar-refractivity contribution in [3.8, 4) is 0 Å². The summed E-state index contributed by atoms with van der Waals surface area (Å²) in [7, 11) is 0. The third-order valence-electron chi connectivity index (χ3n) is 5.16. The largest absolute Gasteiger partial charge is 0.294 e. The summed E-state index contributed by atoms with van der Waals surface area (Å²) in [5.74, 6) is -0.657. The fourth-order valence-corrected chi connectivity index (χ4v) is 3.46. The fraction of sp³-hybridized carbons (Fsp3) is 0.0385. The zero-order valence-corrected chi connectivity index (χ0v) is 17.5. The summed E-state index contributed by atoms with van der Waals surface area (Å²) >= 11 is 0. The fourth-order valence-electron chi connectivity index (χ4n) is 3.46. The number of Topliss-reactive ketones (excluding diaryl/α,β-unsaturated/α-hetero) is 1. The monoisotopic (exact) mass is 437 g/mol. The molecule has 1 amide bonds. The van der Waals surface area contributed by atoms with Gasteiger partial charge in [-0.05, 0) is 34.5 Å². The molecule has 0 saturated carbocycles. The summed E-state index contributed by atoms with van der Waals surface area (Å²) in [5.41, 5.74) is 4.36. The molecule has 33 heavy (non-hydrogen) atoms. The molecule has 0 aliphatic carbocycles. The smallest absolute Gasteiger partial charge is 0.272 e. The first-order chi connectivity index (χ1) is 16.0. The number of benzene rings is 4. The topological polar surface area (TPSA) is 102 Å². The second kappa shape index (κ2) is 9.65. The van der Waals surface area contributed by atoms with Gasteiger partial charge in [-0.2, -0.15) is 5.10 Å². The van der Waals surface area contributed by atoms with Crippen molar-refractivity contribution in [2.24, 2.45) is 5.10 Å². The molecule has 0 saturated heterocycles. The lowest BCUT2D eigenvalue weighted by atomic mass is 10.0. The van der Waals surface area contributed by atoms with Crippen LogP contribution >= 0.6 is 0 Å². The Morgan fingerprint density at radius 1 is 0.788 bits per heavy atom. The Bertz CT molecular complexity index is 1360. The van der Waals surface area contributed by atoms with Crippen molar-refractivity contribution in [3.63, 3.8) is 0 Å². The van der Waals surface area contributed by atoms with Gasteiger partial charge in [0.1, 0.15) is 0 Å². The van der Waals surface area contributed by atoms with Crippen molar-refractivity contribution in [3.05, 3.63) is 124 Å².